The number of pyridine rings is 1. The van der Waals surface area contributed by atoms with Crippen molar-refractivity contribution in [1.82, 2.24) is 30.6 Å². The number of ether oxygens (including phenoxy) is 1. The van der Waals surface area contributed by atoms with Gasteiger partial charge in [0.15, 0.2) is 0 Å². The van der Waals surface area contributed by atoms with Crippen LogP contribution >= 0.6 is 0 Å². The van der Waals surface area contributed by atoms with Crippen LogP contribution in [0.3, 0.4) is 0 Å². The van der Waals surface area contributed by atoms with E-state index in [0.29, 0.717) is 43.8 Å². The predicted octanol–water partition coefficient (Wildman–Crippen LogP) is 3.18. The van der Waals surface area contributed by atoms with Crippen molar-refractivity contribution in [3.8, 4) is 17.1 Å². The van der Waals surface area contributed by atoms with Gasteiger partial charge in [-0.1, -0.05) is 68.3 Å². The summed E-state index contributed by atoms with van der Waals surface area (Å²) in [5.41, 5.74) is 0.142. The van der Waals surface area contributed by atoms with E-state index in [1.54, 1.807) is 6.07 Å². The lowest BCUT2D eigenvalue weighted by molar-refractivity contribution is -0.141. The van der Waals surface area contributed by atoms with Crippen LogP contribution in [0.25, 0.3) is 11.3 Å². The number of hydrogen-bond donors (Lipinski definition) is 4. The summed E-state index contributed by atoms with van der Waals surface area (Å²) in [6.45, 7) is 2.42. The van der Waals surface area contributed by atoms with Crippen LogP contribution in [0.15, 0.2) is 60.7 Å². The first kappa shape index (κ1) is 35.4. The number of carbonyl (C=O) groups excluding carboxylic acids is 4. The quantitative estimate of drug-likeness (QED) is 0.288. The van der Waals surface area contributed by atoms with Crippen LogP contribution in [0, 0.1) is 5.92 Å². The number of urea groups is 1. The smallest absolute Gasteiger partial charge is 0.315 e. The van der Waals surface area contributed by atoms with Gasteiger partial charge in [-0.05, 0) is 51.0 Å². The minimum absolute atomic E-state index is 0.0432. The normalized spacial score (nSPS) is 27.7. The molecule has 5 amide bonds. The maximum atomic E-state index is 14.3. The van der Waals surface area contributed by atoms with Crippen molar-refractivity contribution < 1.29 is 32.3 Å². The molecule has 1 aromatic carbocycles. The van der Waals surface area contributed by atoms with E-state index in [1.807, 2.05) is 61.5 Å². The first-order chi connectivity index (χ1) is 24.1. The summed E-state index contributed by atoms with van der Waals surface area (Å²) < 4.78 is 34.0. The van der Waals surface area contributed by atoms with E-state index in [1.165, 1.54) is 4.90 Å². The van der Waals surface area contributed by atoms with E-state index < -0.39 is 68.7 Å². The fraction of sp³-hybridized carbons (Fsp3) is 0.528. The van der Waals surface area contributed by atoms with Crippen LogP contribution in [0.1, 0.15) is 71.1 Å². The molecule has 2 aliphatic heterocycles. The van der Waals surface area contributed by atoms with E-state index in [-0.39, 0.29) is 19.4 Å². The molecule has 5 atom stereocenters. The zero-order chi connectivity index (χ0) is 35.3. The number of nitrogens with zero attached hydrogens (tertiary/aromatic N) is 2. The van der Waals surface area contributed by atoms with E-state index in [9.17, 15) is 27.6 Å². The lowest BCUT2D eigenvalue weighted by Crippen LogP contribution is -2.58. The van der Waals surface area contributed by atoms with E-state index >= 15 is 0 Å². The van der Waals surface area contributed by atoms with Crippen molar-refractivity contribution in [2.45, 2.75) is 100 Å². The number of aromatic nitrogens is 1. The Balaban J connectivity index is 1.27. The second kappa shape index (κ2) is 15.2. The number of amides is 5. The number of carbonyl (C=O) groups is 4. The molecule has 1 aromatic heterocycles. The fourth-order valence-corrected chi connectivity index (χ4v) is 8.08. The maximum absolute atomic E-state index is 14.3. The zero-order valence-electron chi connectivity index (χ0n) is 28.3. The second-order valence-corrected chi connectivity index (χ2v) is 15.6. The molecular formula is C36H46N6O7S. The first-order valence-corrected chi connectivity index (χ1v) is 19.2. The molecule has 3 fully saturated rings. The predicted molar refractivity (Wildman–Crippen MR) is 186 cm³/mol. The molecule has 0 unspecified atom stereocenters. The van der Waals surface area contributed by atoms with Gasteiger partial charge < -0.3 is 25.6 Å². The molecular weight excluding hydrogens is 660 g/mol. The Hall–Kier alpha value is -4.46. The third-order valence-corrected chi connectivity index (χ3v) is 11.6. The summed E-state index contributed by atoms with van der Waals surface area (Å²) in [6, 6.07) is 12.6. The molecule has 6 rings (SSSR count). The Labute approximate surface area is 293 Å². The summed E-state index contributed by atoms with van der Waals surface area (Å²) in [5.74, 6) is -1.85. The Bertz CT molecular complexity index is 1720. The highest BCUT2D eigenvalue weighted by Gasteiger charge is 2.62. The monoisotopic (exact) mass is 706 g/mol. The Morgan fingerprint density at radius 2 is 1.84 bits per heavy atom. The number of allylic oxidation sites excluding steroid dienone is 1. The maximum Gasteiger partial charge on any atom is 0.315 e. The third kappa shape index (κ3) is 8.28. The van der Waals surface area contributed by atoms with Crippen LogP contribution < -0.4 is 25.4 Å². The lowest BCUT2D eigenvalue weighted by atomic mass is 10.0. The van der Waals surface area contributed by atoms with Gasteiger partial charge in [0.1, 0.15) is 23.7 Å². The molecule has 3 heterocycles. The molecule has 0 bridgehead atoms. The standard InChI is InChI=1S/C36H46N6O7S/c1-2-20-37-35(46)39-29-15-10-5-3-4-9-14-25-22-36(25,34(45)41-50(47,48)27-18-19-27)40-32(43)30-21-26(23-42(30)33(29)44)49-31-17-11-16-28(38-31)24-12-7-6-8-13-24/h6-9,11-14,16-17,25-27,29-30H,2-5,10,15,18-23H2,1H3,(H,40,43)(H,41,45)(H2,37,39,46)/b14-9-/t25-,26-,29+,30+,36-/m1/s1. The molecule has 2 aliphatic carbocycles. The van der Waals surface area contributed by atoms with Crippen LogP contribution in [0.2, 0.25) is 0 Å². The highest BCUT2D eigenvalue weighted by Crippen LogP contribution is 2.46. The minimum Gasteiger partial charge on any atom is -0.472 e. The molecule has 0 spiro atoms. The van der Waals surface area contributed by atoms with Gasteiger partial charge in [0.25, 0.3) is 5.91 Å². The van der Waals surface area contributed by atoms with Gasteiger partial charge in [0.2, 0.25) is 27.7 Å². The van der Waals surface area contributed by atoms with E-state index in [2.05, 4.69) is 25.7 Å². The molecule has 1 saturated heterocycles. The number of hydrogen-bond acceptors (Lipinski definition) is 8. The number of fused-ring (bicyclic) bond motifs is 2. The summed E-state index contributed by atoms with van der Waals surface area (Å²) >= 11 is 0. The van der Waals surface area contributed by atoms with Gasteiger partial charge in [0, 0.05) is 30.5 Å². The molecule has 268 valence electrons. The van der Waals surface area contributed by atoms with Crippen LogP contribution in [-0.2, 0) is 24.4 Å². The SMILES string of the molecule is CCCNC(=O)N[C@H]1CCCCC/C=C\[C@@H]2C[C@@]2(C(=O)NS(=O)(=O)C2CC2)NC(=O)[C@@H]2C[C@@H](Oc3cccc(-c4ccccc4)n3)CN2C1=O. The summed E-state index contributed by atoms with van der Waals surface area (Å²) in [7, 11) is -3.86. The van der Waals surface area contributed by atoms with Crippen LogP contribution in [-0.4, -0.2) is 84.1 Å². The number of rotatable bonds is 9. The Kier molecular flexibility index (Phi) is 10.7. The largest absolute Gasteiger partial charge is 0.472 e. The third-order valence-electron chi connectivity index (χ3n) is 9.76. The van der Waals surface area contributed by atoms with Crippen molar-refractivity contribution in [2.24, 2.45) is 5.92 Å². The summed E-state index contributed by atoms with van der Waals surface area (Å²) in [6.07, 6.45) is 8.65. The molecule has 2 saturated carbocycles. The van der Waals surface area contributed by atoms with Crippen molar-refractivity contribution in [2.75, 3.05) is 13.1 Å². The van der Waals surface area contributed by atoms with Gasteiger partial charge in [-0.3, -0.25) is 19.1 Å². The molecule has 50 heavy (non-hydrogen) atoms. The average molecular weight is 707 g/mol. The van der Waals surface area contributed by atoms with E-state index in [4.69, 9.17) is 4.74 Å². The van der Waals surface area contributed by atoms with Gasteiger partial charge in [-0.15, -0.1) is 0 Å². The first-order valence-electron chi connectivity index (χ1n) is 17.7. The number of sulfonamides is 1. The zero-order valence-corrected chi connectivity index (χ0v) is 29.1. The van der Waals surface area contributed by atoms with Crippen molar-refractivity contribution >= 4 is 33.8 Å². The second-order valence-electron chi connectivity index (χ2n) is 13.7. The summed E-state index contributed by atoms with van der Waals surface area (Å²) in [4.78, 5) is 61.0. The molecule has 4 aliphatic rings. The topological polar surface area (TPSA) is 176 Å². The van der Waals surface area contributed by atoms with Gasteiger partial charge in [-0.2, -0.15) is 0 Å². The van der Waals surface area contributed by atoms with Crippen molar-refractivity contribution in [3.63, 3.8) is 0 Å². The molecule has 13 nitrogen and oxygen atoms in total. The highest BCUT2D eigenvalue weighted by atomic mass is 32.2. The summed E-state index contributed by atoms with van der Waals surface area (Å²) in [5, 5.41) is 7.86. The number of nitrogens with one attached hydrogen (secondary N) is 4. The Morgan fingerprint density at radius 1 is 1.04 bits per heavy atom. The van der Waals surface area contributed by atoms with Crippen LogP contribution in [0.5, 0.6) is 5.88 Å². The molecule has 4 N–H and O–H groups in total. The van der Waals surface area contributed by atoms with Gasteiger partial charge in [-0.25, -0.2) is 18.2 Å². The lowest BCUT2D eigenvalue weighted by Gasteiger charge is -2.30. The number of benzene rings is 1. The average Bonchev–Trinajstić information content (AvgIpc) is 4.03. The minimum atomic E-state index is -3.86. The fourth-order valence-electron chi connectivity index (χ4n) is 6.72. The van der Waals surface area contributed by atoms with Crippen molar-refractivity contribution in [3.05, 3.63) is 60.7 Å². The van der Waals surface area contributed by atoms with Crippen LogP contribution in [0.4, 0.5) is 4.79 Å². The van der Waals surface area contributed by atoms with Gasteiger partial charge in [0.05, 0.1) is 17.5 Å². The molecule has 14 heteroatoms. The van der Waals surface area contributed by atoms with E-state index in [0.717, 1.165) is 31.2 Å². The van der Waals surface area contributed by atoms with Crippen molar-refractivity contribution in [1.29, 1.82) is 0 Å². The molecule has 0 radical (unpaired) electrons. The Morgan fingerprint density at radius 3 is 2.60 bits per heavy atom. The van der Waals surface area contributed by atoms with Gasteiger partial charge >= 0.3 is 6.03 Å². The molecule has 2 aromatic rings. The highest BCUT2D eigenvalue weighted by molar-refractivity contribution is 7.91.